The van der Waals surface area contributed by atoms with Gasteiger partial charge in [-0.2, -0.15) is 0 Å². The van der Waals surface area contributed by atoms with Crippen LogP contribution in [0.4, 0.5) is 10.5 Å². The summed E-state index contributed by atoms with van der Waals surface area (Å²) < 4.78 is 1.57. The maximum Gasteiger partial charge on any atom is 0.322 e. The second kappa shape index (κ2) is 6.76. The minimum Gasteiger partial charge on any atom is -0.322 e. The first kappa shape index (κ1) is 15.5. The number of anilines is 1. The van der Waals surface area contributed by atoms with Crippen LogP contribution in [0.1, 0.15) is 33.1 Å². The van der Waals surface area contributed by atoms with Crippen LogP contribution in [0.5, 0.6) is 0 Å². The lowest BCUT2D eigenvalue weighted by Crippen LogP contribution is -2.37. The molecule has 1 N–H and O–H groups in total. The van der Waals surface area contributed by atoms with Gasteiger partial charge in [-0.05, 0) is 59.9 Å². The molecule has 0 spiro atoms. The summed E-state index contributed by atoms with van der Waals surface area (Å²) in [6.07, 6.45) is 4.80. The molecule has 0 bridgehead atoms. The summed E-state index contributed by atoms with van der Waals surface area (Å²) in [7, 11) is 0. The van der Waals surface area contributed by atoms with E-state index in [2.05, 4.69) is 34.7 Å². The third kappa shape index (κ3) is 4.06. The molecule has 0 saturated heterocycles. The molecule has 7 nitrogen and oxygen atoms in total. The maximum absolute atomic E-state index is 12.5. The number of urea groups is 1. The number of hydrogen-bond acceptors (Lipinski definition) is 4. The van der Waals surface area contributed by atoms with Crippen LogP contribution in [-0.4, -0.2) is 43.7 Å². The molecule has 1 aromatic carbocycles. The lowest BCUT2D eigenvalue weighted by atomic mass is 10.1. The van der Waals surface area contributed by atoms with Crippen LogP contribution in [0, 0.1) is 5.92 Å². The van der Waals surface area contributed by atoms with Crippen LogP contribution in [0.2, 0.25) is 0 Å². The molecular formula is C16H22N6O. The minimum atomic E-state index is -0.0108. The predicted octanol–water partition coefficient (Wildman–Crippen LogP) is 2.70. The second-order valence-corrected chi connectivity index (χ2v) is 6.34. The van der Waals surface area contributed by atoms with Gasteiger partial charge in [0.1, 0.15) is 6.33 Å². The molecule has 122 valence electrons. The van der Waals surface area contributed by atoms with Gasteiger partial charge in [-0.3, -0.25) is 0 Å². The molecule has 0 unspecified atom stereocenters. The Morgan fingerprint density at radius 3 is 2.65 bits per heavy atom. The molecule has 2 aromatic rings. The van der Waals surface area contributed by atoms with Crippen molar-refractivity contribution >= 4 is 11.7 Å². The molecule has 1 heterocycles. The number of nitrogens with one attached hydrogen (secondary N) is 1. The molecule has 1 aromatic heterocycles. The van der Waals surface area contributed by atoms with Gasteiger partial charge in [0.25, 0.3) is 0 Å². The van der Waals surface area contributed by atoms with Crippen LogP contribution in [-0.2, 0) is 0 Å². The van der Waals surface area contributed by atoms with Gasteiger partial charge in [-0.15, -0.1) is 5.10 Å². The average Bonchev–Trinajstić information content (AvgIpc) is 3.21. The number of benzene rings is 1. The molecule has 7 heteroatoms. The topological polar surface area (TPSA) is 75.9 Å². The van der Waals surface area contributed by atoms with Crippen molar-refractivity contribution in [2.75, 3.05) is 11.9 Å². The monoisotopic (exact) mass is 314 g/mol. The zero-order valence-corrected chi connectivity index (χ0v) is 13.5. The molecule has 3 rings (SSSR count). The van der Waals surface area contributed by atoms with Crippen LogP contribution in [0.3, 0.4) is 0 Å². The van der Waals surface area contributed by atoms with E-state index >= 15 is 0 Å². The van der Waals surface area contributed by atoms with Gasteiger partial charge in [0.2, 0.25) is 0 Å². The third-order valence-electron chi connectivity index (χ3n) is 3.93. The molecule has 0 aliphatic heterocycles. The summed E-state index contributed by atoms with van der Waals surface area (Å²) in [6, 6.07) is 7.88. The van der Waals surface area contributed by atoms with Gasteiger partial charge in [-0.1, -0.05) is 13.8 Å². The predicted molar refractivity (Wildman–Crippen MR) is 87.4 cm³/mol. The van der Waals surface area contributed by atoms with Crippen LogP contribution < -0.4 is 5.32 Å². The Morgan fingerprint density at radius 2 is 2.09 bits per heavy atom. The summed E-state index contributed by atoms with van der Waals surface area (Å²) in [5.41, 5.74) is 1.63. The number of carbonyl (C=O) groups excluding carboxylic acids is 1. The first-order valence-electron chi connectivity index (χ1n) is 8.04. The molecule has 1 saturated carbocycles. The lowest BCUT2D eigenvalue weighted by Gasteiger charge is -2.23. The Morgan fingerprint density at radius 1 is 1.35 bits per heavy atom. The summed E-state index contributed by atoms with van der Waals surface area (Å²) >= 11 is 0. The van der Waals surface area contributed by atoms with Crippen molar-refractivity contribution in [2.24, 2.45) is 5.92 Å². The smallest absolute Gasteiger partial charge is 0.322 e. The SMILES string of the molecule is CC(C)CCN(C(=O)Nc1ccc(-n2cnnn2)cc1)C1CC1. The van der Waals surface area contributed by atoms with E-state index in [-0.39, 0.29) is 6.03 Å². The van der Waals surface area contributed by atoms with Gasteiger partial charge in [0, 0.05) is 18.3 Å². The van der Waals surface area contributed by atoms with Crippen molar-refractivity contribution in [3.63, 3.8) is 0 Å². The Labute approximate surface area is 135 Å². The normalized spacial score (nSPS) is 14.0. The standard InChI is InChI=1S/C16H22N6O/c1-12(2)9-10-21(14-7-8-14)16(23)18-13-3-5-15(6-4-13)22-11-17-19-20-22/h3-6,11-12,14H,7-10H2,1-2H3,(H,18,23). The van der Waals surface area contributed by atoms with Gasteiger partial charge in [0.15, 0.2) is 0 Å². The minimum absolute atomic E-state index is 0.0108. The number of tetrazole rings is 1. The highest BCUT2D eigenvalue weighted by Gasteiger charge is 2.32. The van der Waals surface area contributed by atoms with Crippen LogP contribution in [0.25, 0.3) is 5.69 Å². The zero-order chi connectivity index (χ0) is 16.2. The zero-order valence-electron chi connectivity index (χ0n) is 13.5. The summed E-state index contributed by atoms with van der Waals surface area (Å²) in [4.78, 5) is 14.5. The van der Waals surface area contributed by atoms with E-state index < -0.39 is 0 Å². The molecule has 1 fully saturated rings. The number of hydrogen-bond donors (Lipinski definition) is 1. The molecule has 23 heavy (non-hydrogen) atoms. The Bertz CT molecular complexity index is 633. The Balaban J connectivity index is 1.62. The number of rotatable bonds is 6. The number of carbonyl (C=O) groups is 1. The molecular weight excluding hydrogens is 292 g/mol. The fourth-order valence-corrected chi connectivity index (χ4v) is 2.41. The largest absolute Gasteiger partial charge is 0.322 e. The molecule has 0 atom stereocenters. The number of amides is 2. The van der Waals surface area contributed by atoms with E-state index in [1.54, 1.807) is 4.68 Å². The van der Waals surface area contributed by atoms with E-state index in [1.165, 1.54) is 6.33 Å². The Hall–Kier alpha value is -2.44. The maximum atomic E-state index is 12.5. The highest BCUT2D eigenvalue weighted by molar-refractivity contribution is 5.89. The highest BCUT2D eigenvalue weighted by atomic mass is 16.2. The van der Waals surface area contributed by atoms with Crippen molar-refractivity contribution in [2.45, 2.75) is 39.2 Å². The van der Waals surface area contributed by atoms with E-state index in [0.717, 1.165) is 37.2 Å². The number of aromatic nitrogens is 4. The van der Waals surface area contributed by atoms with Crippen molar-refractivity contribution in [3.8, 4) is 5.69 Å². The molecule has 1 aliphatic carbocycles. The third-order valence-corrected chi connectivity index (χ3v) is 3.93. The average molecular weight is 314 g/mol. The summed E-state index contributed by atoms with van der Waals surface area (Å²) in [6.45, 7) is 5.18. The van der Waals surface area contributed by atoms with Crippen molar-refractivity contribution in [1.82, 2.24) is 25.1 Å². The summed E-state index contributed by atoms with van der Waals surface area (Å²) in [5.74, 6) is 0.597. The number of nitrogens with zero attached hydrogens (tertiary/aromatic N) is 5. The highest BCUT2D eigenvalue weighted by Crippen LogP contribution is 2.28. The van der Waals surface area contributed by atoms with E-state index in [4.69, 9.17) is 0 Å². The van der Waals surface area contributed by atoms with Crippen LogP contribution in [0.15, 0.2) is 30.6 Å². The molecule has 2 amide bonds. The van der Waals surface area contributed by atoms with E-state index in [0.29, 0.717) is 12.0 Å². The summed E-state index contributed by atoms with van der Waals surface area (Å²) in [5, 5.41) is 14.0. The Kier molecular flexibility index (Phi) is 4.55. The fraction of sp³-hybridized carbons (Fsp3) is 0.500. The van der Waals surface area contributed by atoms with Gasteiger partial charge >= 0.3 is 6.03 Å². The van der Waals surface area contributed by atoms with Crippen molar-refractivity contribution in [1.29, 1.82) is 0 Å². The lowest BCUT2D eigenvalue weighted by molar-refractivity contribution is 0.205. The van der Waals surface area contributed by atoms with Gasteiger partial charge in [-0.25, -0.2) is 9.48 Å². The first-order chi connectivity index (χ1) is 11.1. The first-order valence-corrected chi connectivity index (χ1v) is 8.04. The van der Waals surface area contributed by atoms with Crippen molar-refractivity contribution in [3.05, 3.63) is 30.6 Å². The molecule has 1 aliphatic rings. The fourth-order valence-electron chi connectivity index (χ4n) is 2.41. The van der Waals surface area contributed by atoms with Crippen LogP contribution >= 0.6 is 0 Å². The van der Waals surface area contributed by atoms with Gasteiger partial charge in [0.05, 0.1) is 5.69 Å². The van der Waals surface area contributed by atoms with E-state index in [9.17, 15) is 4.79 Å². The second-order valence-electron chi connectivity index (χ2n) is 6.34. The molecule has 0 radical (unpaired) electrons. The van der Waals surface area contributed by atoms with Gasteiger partial charge < -0.3 is 10.2 Å². The quantitative estimate of drug-likeness (QED) is 0.889. The van der Waals surface area contributed by atoms with Crippen molar-refractivity contribution < 1.29 is 4.79 Å². The van der Waals surface area contributed by atoms with E-state index in [1.807, 2.05) is 29.2 Å².